The van der Waals surface area contributed by atoms with Gasteiger partial charge in [-0.3, -0.25) is 14.4 Å². The molecular weight excluding hydrogens is 793 g/mol. The Labute approximate surface area is 390 Å². The zero-order valence-corrected chi connectivity index (χ0v) is 40.2. The fourth-order valence-electron chi connectivity index (χ4n) is 5.89. The Hall–Kier alpha value is -4.97. The molecule has 0 rings (SSSR count). The molecule has 0 radical (unpaired) electrons. The molecule has 0 aromatic heterocycles. The highest BCUT2D eigenvalue weighted by Gasteiger charge is 2.19. The van der Waals surface area contributed by atoms with Crippen LogP contribution in [0.4, 0.5) is 0 Å². The Morgan fingerprint density at radius 2 is 0.609 bits per heavy atom. The van der Waals surface area contributed by atoms with Crippen molar-refractivity contribution in [2.45, 2.75) is 175 Å². The zero-order valence-electron chi connectivity index (χ0n) is 40.2. The maximum Gasteiger partial charge on any atom is 0.306 e. The second-order valence-electron chi connectivity index (χ2n) is 15.6. The first-order valence-electron chi connectivity index (χ1n) is 24.7. The summed E-state index contributed by atoms with van der Waals surface area (Å²) in [6.07, 6.45) is 73.6. The van der Waals surface area contributed by atoms with Crippen LogP contribution in [0, 0.1) is 0 Å². The van der Waals surface area contributed by atoms with Crippen LogP contribution in [-0.4, -0.2) is 37.2 Å². The van der Waals surface area contributed by atoms with E-state index in [-0.39, 0.29) is 44.0 Å². The van der Waals surface area contributed by atoms with Gasteiger partial charge in [-0.1, -0.05) is 224 Å². The summed E-state index contributed by atoms with van der Waals surface area (Å²) in [5, 5.41) is 0. The number of carbonyl (C=O) groups excluding carboxylic acids is 3. The van der Waals surface area contributed by atoms with Gasteiger partial charge in [-0.05, 0) is 83.5 Å². The lowest BCUT2D eigenvalue weighted by atomic mass is 10.1. The average Bonchev–Trinajstić information content (AvgIpc) is 3.29. The highest BCUT2D eigenvalue weighted by atomic mass is 16.6. The number of unbranched alkanes of at least 4 members (excludes halogenated alkanes) is 14. The molecule has 0 bridgehead atoms. The molecule has 0 amide bonds. The van der Waals surface area contributed by atoms with Crippen molar-refractivity contribution in [2.24, 2.45) is 0 Å². The normalized spacial score (nSPS) is 13.5. The van der Waals surface area contributed by atoms with Gasteiger partial charge in [-0.25, -0.2) is 0 Å². The maximum atomic E-state index is 12.8. The molecule has 0 aliphatic carbocycles. The van der Waals surface area contributed by atoms with Gasteiger partial charge in [0.1, 0.15) is 13.2 Å². The molecule has 0 aliphatic rings. The van der Waals surface area contributed by atoms with Crippen molar-refractivity contribution in [3.8, 4) is 0 Å². The van der Waals surface area contributed by atoms with E-state index in [2.05, 4.69) is 93.7 Å². The lowest BCUT2D eigenvalue weighted by molar-refractivity contribution is -0.167. The Kier molecular flexibility index (Phi) is 46.7. The predicted octanol–water partition coefficient (Wildman–Crippen LogP) is 16.2. The van der Waals surface area contributed by atoms with Crippen molar-refractivity contribution < 1.29 is 28.6 Å². The Morgan fingerprint density at radius 3 is 0.969 bits per heavy atom. The molecule has 0 aromatic carbocycles. The molecule has 0 spiro atoms. The average molecular weight is 879 g/mol. The summed E-state index contributed by atoms with van der Waals surface area (Å²) in [4.78, 5) is 37.9. The lowest BCUT2D eigenvalue weighted by Crippen LogP contribution is -2.30. The van der Waals surface area contributed by atoms with E-state index >= 15 is 0 Å². The van der Waals surface area contributed by atoms with Crippen molar-refractivity contribution in [1.82, 2.24) is 0 Å². The van der Waals surface area contributed by atoms with Gasteiger partial charge in [-0.15, -0.1) is 0 Å². The third-order valence-electron chi connectivity index (χ3n) is 9.56. The smallest absolute Gasteiger partial charge is 0.306 e. The van der Waals surface area contributed by atoms with Crippen LogP contribution in [0.2, 0.25) is 0 Å². The van der Waals surface area contributed by atoms with Crippen LogP contribution in [-0.2, 0) is 28.6 Å². The number of rotatable bonds is 41. The third-order valence-corrected chi connectivity index (χ3v) is 9.56. The van der Waals surface area contributed by atoms with Crippen molar-refractivity contribution in [2.75, 3.05) is 13.2 Å². The molecule has 1 atom stereocenters. The van der Waals surface area contributed by atoms with E-state index in [1.165, 1.54) is 19.3 Å². The molecule has 0 saturated heterocycles. The quantitative estimate of drug-likeness (QED) is 0.0263. The molecule has 0 fully saturated rings. The van der Waals surface area contributed by atoms with Crippen LogP contribution in [0.1, 0.15) is 168 Å². The Balaban J connectivity index is 4.61. The van der Waals surface area contributed by atoms with Crippen molar-refractivity contribution >= 4 is 17.9 Å². The predicted molar refractivity (Wildman–Crippen MR) is 274 cm³/mol. The maximum absolute atomic E-state index is 12.8. The molecule has 1 unspecified atom stereocenters. The lowest BCUT2D eigenvalue weighted by Gasteiger charge is -2.18. The largest absolute Gasteiger partial charge is 0.462 e. The highest BCUT2D eigenvalue weighted by molar-refractivity contribution is 5.71. The second kappa shape index (κ2) is 50.7. The number of hydrogen-bond acceptors (Lipinski definition) is 6. The number of carbonyl (C=O) groups is 3. The Morgan fingerprint density at radius 1 is 0.328 bits per heavy atom. The summed E-state index contributed by atoms with van der Waals surface area (Å²) < 4.78 is 16.7. The van der Waals surface area contributed by atoms with E-state index in [1.54, 1.807) is 0 Å². The molecule has 0 aliphatic heterocycles. The molecule has 0 heterocycles. The standard InChI is InChI=1S/C58H86O6/c1-4-7-10-13-16-19-22-25-27-28-29-31-33-36-39-42-45-48-51-57(60)63-54-55(53-62-56(59)50-47-44-41-38-35-32-24-21-18-15-12-9-6-3)64-58(61)52-49-46-43-40-37-34-30-26-23-20-17-14-11-8-5-2/h8-9,11-12,14-32,34-35,37,55H,4-7,10,13,33,36,38-54H2,1-3H3/b11-8-,12-9-,17-14-,18-15-,19-16-,23-20-,24-21-,25-22-,28-27-,30-26-,31-29-,35-32-,37-34-. The number of hydrogen-bond donors (Lipinski definition) is 0. The fourth-order valence-corrected chi connectivity index (χ4v) is 5.89. The number of ether oxygens (including phenoxy) is 3. The van der Waals surface area contributed by atoms with Gasteiger partial charge in [0.2, 0.25) is 0 Å². The summed E-state index contributed by atoms with van der Waals surface area (Å²) in [5.74, 6) is -1.05. The fraction of sp³-hybridized carbons (Fsp3) is 0.500. The van der Waals surface area contributed by atoms with Crippen LogP contribution >= 0.6 is 0 Å². The first kappa shape index (κ1) is 59.0. The Bertz CT molecular complexity index is 1520. The van der Waals surface area contributed by atoms with E-state index < -0.39 is 6.10 Å². The second-order valence-corrected chi connectivity index (χ2v) is 15.6. The van der Waals surface area contributed by atoms with Gasteiger partial charge in [0.05, 0.1) is 0 Å². The molecule has 0 N–H and O–H groups in total. The SMILES string of the molecule is CC\C=C/C=C\C=C/C=C\C=C/CCCCCC(=O)OC(COC(=O)CCCCC\C=C/C=C\C=C/C=C\CC)COC(=O)CCCCCCC\C=C/C=C\C=C/C=C\CCCCC. The molecule has 354 valence electrons. The third kappa shape index (κ3) is 48.1. The minimum atomic E-state index is -0.834. The number of allylic oxidation sites excluding steroid dienone is 26. The summed E-state index contributed by atoms with van der Waals surface area (Å²) >= 11 is 0. The van der Waals surface area contributed by atoms with E-state index in [0.717, 1.165) is 103 Å². The zero-order chi connectivity index (χ0) is 46.5. The molecule has 0 saturated carbocycles. The number of esters is 3. The van der Waals surface area contributed by atoms with Crippen LogP contribution < -0.4 is 0 Å². The van der Waals surface area contributed by atoms with Gasteiger partial charge >= 0.3 is 17.9 Å². The highest BCUT2D eigenvalue weighted by Crippen LogP contribution is 2.11. The minimum absolute atomic E-state index is 0.129. The van der Waals surface area contributed by atoms with Crippen molar-refractivity contribution in [3.63, 3.8) is 0 Å². The van der Waals surface area contributed by atoms with Gasteiger partial charge < -0.3 is 14.2 Å². The van der Waals surface area contributed by atoms with Gasteiger partial charge in [0.15, 0.2) is 6.10 Å². The topological polar surface area (TPSA) is 78.9 Å². The van der Waals surface area contributed by atoms with Crippen LogP contribution in [0.5, 0.6) is 0 Å². The minimum Gasteiger partial charge on any atom is -0.462 e. The van der Waals surface area contributed by atoms with E-state index in [0.29, 0.717) is 12.8 Å². The van der Waals surface area contributed by atoms with E-state index in [1.807, 2.05) is 85.1 Å². The summed E-state index contributed by atoms with van der Waals surface area (Å²) in [6, 6.07) is 0. The molecular formula is C58H86O6. The van der Waals surface area contributed by atoms with Gasteiger partial charge in [-0.2, -0.15) is 0 Å². The summed E-state index contributed by atoms with van der Waals surface area (Å²) in [7, 11) is 0. The van der Waals surface area contributed by atoms with Crippen molar-refractivity contribution in [3.05, 3.63) is 158 Å². The van der Waals surface area contributed by atoms with Gasteiger partial charge in [0, 0.05) is 19.3 Å². The van der Waals surface area contributed by atoms with E-state index in [4.69, 9.17) is 14.2 Å². The summed E-state index contributed by atoms with van der Waals surface area (Å²) in [5.41, 5.74) is 0. The van der Waals surface area contributed by atoms with Crippen LogP contribution in [0.3, 0.4) is 0 Å². The van der Waals surface area contributed by atoms with Crippen LogP contribution in [0.15, 0.2) is 158 Å². The van der Waals surface area contributed by atoms with Gasteiger partial charge in [0.25, 0.3) is 0 Å². The van der Waals surface area contributed by atoms with Crippen LogP contribution in [0.25, 0.3) is 0 Å². The first-order valence-corrected chi connectivity index (χ1v) is 24.7. The molecule has 6 nitrogen and oxygen atoms in total. The molecule has 0 aromatic rings. The monoisotopic (exact) mass is 879 g/mol. The van der Waals surface area contributed by atoms with E-state index in [9.17, 15) is 14.4 Å². The molecule has 64 heavy (non-hydrogen) atoms. The van der Waals surface area contributed by atoms with Crippen molar-refractivity contribution in [1.29, 1.82) is 0 Å². The first-order chi connectivity index (χ1) is 31.5. The summed E-state index contributed by atoms with van der Waals surface area (Å²) in [6.45, 7) is 6.18. The molecule has 6 heteroatoms.